The van der Waals surface area contributed by atoms with Crippen molar-refractivity contribution < 1.29 is 4.74 Å². The Morgan fingerprint density at radius 3 is 3.00 bits per heavy atom. The van der Waals surface area contributed by atoms with Gasteiger partial charge in [-0.05, 0) is 32.6 Å². The fourth-order valence-corrected chi connectivity index (χ4v) is 2.84. The summed E-state index contributed by atoms with van der Waals surface area (Å²) in [7, 11) is 0. The number of H-pyrrole nitrogens is 1. The maximum Gasteiger partial charge on any atom is 0.112 e. The minimum Gasteiger partial charge on any atom is -0.378 e. The van der Waals surface area contributed by atoms with E-state index in [2.05, 4.69) is 11.9 Å². The molecule has 4 heteroatoms. The highest BCUT2D eigenvalue weighted by molar-refractivity contribution is 5.23. The highest BCUT2D eigenvalue weighted by Gasteiger charge is 2.30. The Hall–Kier alpha value is -0.870. The quantitative estimate of drug-likeness (QED) is 0.757. The Labute approximate surface area is 95.6 Å². The number of hydrogen-bond acceptors (Lipinski definition) is 3. The Kier molecular flexibility index (Phi) is 2.48. The van der Waals surface area contributed by atoms with Crippen molar-refractivity contribution in [3.63, 3.8) is 0 Å². The van der Waals surface area contributed by atoms with Gasteiger partial charge in [-0.3, -0.25) is 0 Å². The van der Waals surface area contributed by atoms with Crippen LogP contribution in [0.15, 0.2) is 0 Å². The van der Waals surface area contributed by atoms with Crippen molar-refractivity contribution in [2.45, 2.75) is 50.7 Å². The second-order valence-electron chi connectivity index (χ2n) is 4.96. The third-order valence-corrected chi connectivity index (χ3v) is 3.85. The fraction of sp³-hybridized carbons (Fsp3) is 0.750. The number of aryl methyl sites for hydroxylation is 1. The lowest BCUT2D eigenvalue weighted by Crippen LogP contribution is -2.17. The van der Waals surface area contributed by atoms with Crippen molar-refractivity contribution >= 4 is 0 Å². The molecule has 1 aliphatic heterocycles. The third-order valence-electron chi connectivity index (χ3n) is 3.85. The van der Waals surface area contributed by atoms with E-state index in [1.807, 2.05) is 0 Å². The Balaban J connectivity index is 1.91. The molecule has 16 heavy (non-hydrogen) atoms. The molecule has 1 saturated heterocycles. The molecular weight excluding hydrogens is 202 g/mol. The topological polar surface area (TPSA) is 63.9 Å². The summed E-state index contributed by atoms with van der Waals surface area (Å²) in [6.07, 6.45) is 4.69. The largest absolute Gasteiger partial charge is 0.378 e. The van der Waals surface area contributed by atoms with Gasteiger partial charge in [-0.15, -0.1) is 0 Å². The van der Waals surface area contributed by atoms with Gasteiger partial charge in [0.2, 0.25) is 0 Å². The number of hydrogen-bond donors (Lipinski definition) is 2. The maximum absolute atomic E-state index is 6.08. The lowest BCUT2D eigenvalue weighted by atomic mass is 9.97. The predicted molar refractivity (Wildman–Crippen MR) is 61.2 cm³/mol. The van der Waals surface area contributed by atoms with Crippen LogP contribution in [0.2, 0.25) is 0 Å². The van der Waals surface area contributed by atoms with Gasteiger partial charge in [0.1, 0.15) is 5.82 Å². The van der Waals surface area contributed by atoms with Gasteiger partial charge in [-0.1, -0.05) is 0 Å². The molecule has 0 aromatic carbocycles. The normalized spacial score (nSPS) is 34.0. The van der Waals surface area contributed by atoms with E-state index in [1.165, 1.54) is 12.1 Å². The lowest BCUT2D eigenvalue weighted by Gasteiger charge is -2.15. The summed E-state index contributed by atoms with van der Waals surface area (Å²) < 4.78 is 5.59. The molecule has 0 bridgehead atoms. The molecule has 3 unspecified atom stereocenters. The summed E-state index contributed by atoms with van der Waals surface area (Å²) in [6.45, 7) is 2.97. The minimum absolute atomic E-state index is 0.131. The summed E-state index contributed by atoms with van der Waals surface area (Å²) in [5.74, 6) is 1.52. The van der Waals surface area contributed by atoms with Gasteiger partial charge in [0, 0.05) is 24.3 Å². The maximum atomic E-state index is 6.08. The zero-order valence-corrected chi connectivity index (χ0v) is 9.70. The first-order valence-corrected chi connectivity index (χ1v) is 6.21. The molecule has 1 aliphatic carbocycles. The smallest absolute Gasteiger partial charge is 0.112 e. The Morgan fingerprint density at radius 2 is 2.31 bits per heavy atom. The van der Waals surface area contributed by atoms with Crippen LogP contribution in [-0.2, 0) is 11.2 Å². The van der Waals surface area contributed by atoms with Gasteiger partial charge in [-0.2, -0.15) is 0 Å². The summed E-state index contributed by atoms with van der Waals surface area (Å²) in [4.78, 5) is 8.17. The molecule has 3 rings (SSSR count). The zero-order valence-electron chi connectivity index (χ0n) is 9.70. The standard InChI is InChI=1S/C12H19N3O/c1-7-8(5-6-16-7)12-14-10-4-2-3-9(13)11(10)15-12/h7-9H,2-6,13H2,1H3,(H,14,15). The van der Waals surface area contributed by atoms with Crippen LogP contribution >= 0.6 is 0 Å². The molecule has 1 fully saturated rings. The molecule has 0 radical (unpaired) electrons. The molecule has 3 atom stereocenters. The number of ether oxygens (including phenoxy) is 1. The average Bonchev–Trinajstić information content (AvgIpc) is 2.84. The van der Waals surface area contributed by atoms with Crippen LogP contribution in [0, 0.1) is 0 Å². The predicted octanol–water partition coefficient (Wildman–Crippen LogP) is 1.64. The molecule has 2 aliphatic rings. The summed E-state index contributed by atoms with van der Waals surface area (Å²) >= 11 is 0. The number of nitrogens with two attached hydrogens (primary N) is 1. The van der Waals surface area contributed by atoms with Gasteiger partial charge in [0.05, 0.1) is 11.8 Å². The number of fused-ring (bicyclic) bond motifs is 1. The van der Waals surface area contributed by atoms with Crippen LogP contribution in [-0.4, -0.2) is 22.7 Å². The van der Waals surface area contributed by atoms with E-state index in [1.54, 1.807) is 0 Å². The van der Waals surface area contributed by atoms with Crippen LogP contribution in [0.25, 0.3) is 0 Å². The molecular formula is C12H19N3O. The highest BCUT2D eigenvalue weighted by atomic mass is 16.5. The summed E-state index contributed by atoms with van der Waals surface area (Å²) in [5.41, 5.74) is 8.43. The van der Waals surface area contributed by atoms with Crippen molar-refractivity contribution in [2.75, 3.05) is 6.61 Å². The van der Waals surface area contributed by atoms with Crippen molar-refractivity contribution in [3.8, 4) is 0 Å². The van der Waals surface area contributed by atoms with Gasteiger partial charge < -0.3 is 15.5 Å². The second kappa shape index (κ2) is 3.86. The van der Waals surface area contributed by atoms with E-state index >= 15 is 0 Å². The number of rotatable bonds is 1. The molecule has 2 heterocycles. The number of nitrogens with one attached hydrogen (secondary N) is 1. The lowest BCUT2D eigenvalue weighted by molar-refractivity contribution is 0.117. The fourth-order valence-electron chi connectivity index (χ4n) is 2.84. The zero-order chi connectivity index (χ0) is 11.1. The summed E-state index contributed by atoms with van der Waals surface area (Å²) in [6, 6.07) is 0.131. The monoisotopic (exact) mass is 221 g/mol. The van der Waals surface area contributed by atoms with Crippen molar-refractivity contribution in [1.29, 1.82) is 0 Å². The van der Waals surface area contributed by atoms with Gasteiger partial charge in [0.15, 0.2) is 0 Å². The number of imidazole rings is 1. The average molecular weight is 221 g/mol. The molecule has 0 amide bonds. The van der Waals surface area contributed by atoms with Crippen LogP contribution in [0.4, 0.5) is 0 Å². The van der Waals surface area contributed by atoms with Gasteiger partial charge in [0.25, 0.3) is 0 Å². The SMILES string of the molecule is CC1OCCC1c1nc2c([nH]1)CCCC2N. The van der Waals surface area contributed by atoms with Crippen LogP contribution in [0.3, 0.4) is 0 Å². The van der Waals surface area contributed by atoms with E-state index in [0.29, 0.717) is 5.92 Å². The molecule has 0 spiro atoms. The first kappa shape index (κ1) is 10.3. The number of nitrogens with zero attached hydrogens (tertiary/aromatic N) is 1. The van der Waals surface area contributed by atoms with Crippen molar-refractivity contribution in [1.82, 2.24) is 9.97 Å². The van der Waals surface area contributed by atoms with Crippen molar-refractivity contribution in [2.24, 2.45) is 5.73 Å². The van der Waals surface area contributed by atoms with E-state index in [-0.39, 0.29) is 12.1 Å². The third kappa shape index (κ3) is 1.57. The first-order chi connectivity index (χ1) is 7.75. The number of aromatic amines is 1. The van der Waals surface area contributed by atoms with Gasteiger partial charge in [-0.25, -0.2) is 4.98 Å². The van der Waals surface area contributed by atoms with E-state index in [0.717, 1.165) is 37.4 Å². The van der Waals surface area contributed by atoms with Crippen LogP contribution in [0.5, 0.6) is 0 Å². The molecule has 88 valence electrons. The second-order valence-corrected chi connectivity index (χ2v) is 4.96. The van der Waals surface area contributed by atoms with E-state index in [4.69, 9.17) is 15.5 Å². The molecule has 1 aromatic rings. The van der Waals surface area contributed by atoms with Crippen LogP contribution in [0.1, 0.15) is 55.4 Å². The van der Waals surface area contributed by atoms with E-state index < -0.39 is 0 Å². The van der Waals surface area contributed by atoms with Gasteiger partial charge >= 0.3 is 0 Å². The van der Waals surface area contributed by atoms with Crippen LogP contribution < -0.4 is 5.73 Å². The Bertz CT molecular complexity index is 388. The Morgan fingerprint density at radius 1 is 1.44 bits per heavy atom. The molecule has 0 saturated carbocycles. The number of aromatic nitrogens is 2. The van der Waals surface area contributed by atoms with E-state index in [9.17, 15) is 0 Å². The van der Waals surface area contributed by atoms with Crippen molar-refractivity contribution in [3.05, 3.63) is 17.2 Å². The molecule has 3 N–H and O–H groups in total. The summed E-state index contributed by atoms with van der Waals surface area (Å²) in [5, 5.41) is 0. The minimum atomic E-state index is 0.131. The first-order valence-electron chi connectivity index (χ1n) is 6.21. The highest BCUT2D eigenvalue weighted by Crippen LogP contribution is 2.33. The molecule has 1 aromatic heterocycles. The molecule has 4 nitrogen and oxygen atoms in total.